The highest BCUT2D eigenvalue weighted by molar-refractivity contribution is 5.97. The molecule has 2 aliphatic rings. The summed E-state index contributed by atoms with van der Waals surface area (Å²) in [5, 5.41) is 15.1. The van der Waals surface area contributed by atoms with E-state index < -0.39 is 0 Å². The molecule has 33 heavy (non-hydrogen) atoms. The van der Waals surface area contributed by atoms with Gasteiger partial charge in [-0.15, -0.1) is 10.2 Å². The first-order valence-electron chi connectivity index (χ1n) is 11.0. The van der Waals surface area contributed by atoms with E-state index in [0.717, 1.165) is 43.4 Å². The number of amides is 1. The number of hydrogen-bond acceptors (Lipinski definition) is 8. The van der Waals surface area contributed by atoms with Crippen LogP contribution in [0.5, 0.6) is 0 Å². The molecule has 0 unspecified atom stereocenters. The molecular weight excluding hydrogens is 418 g/mol. The van der Waals surface area contributed by atoms with Gasteiger partial charge in [0.25, 0.3) is 0 Å². The molecule has 1 aliphatic carbocycles. The second-order valence-electron chi connectivity index (χ2n) is 8.38. The molecule has 0 bridgehead atoms. The smallest absolute Gasteiger partial charge is 0.228 e. The summed E-state index contributed by atoms with van der Waals surface area (Å²) in [6.45, 7) is 2.76. The number of rotatable bonds is 6. The fourth-order valence-electron chi connectivity index (χ4n) is 3.73. The molecule has 1 saturated carbocycles. The predicted molar refractivity (Wildman–Crippen MR) is 125 cm³/mol. The largest absolute Gasteiger partial charge is 0.379 e. The fraction of sp³-hybridized carbons (Fsp3) is 0.375. The number of anilines is 2. The summed E-state index contributed by atoms with van der Waals surface area (Å²) in [7, 11) is 3.53. The Morgan fingerprint density at radius 1 is 1.18 bits per heavy atom. The highest BCUT2D eigenvalue weighted by Crippen LogP contribution is 2.30. The normalized spacial score (nSPS) is 16.1. The third-order valence-corrected chi connectivity index (χ3v) is 5.88. The maximum atomic E-state index is 12.1. The molecule has 2 fully saturated rings. The summed E-state index contributed by atoms with van der Waals surface area (Å²) in [5.41, 5.74) is 3.11. The van der Waals surface area contributed by atoms with E-state index in [0.29, 0.717) is 34.5 Å². The van der Waals surface area contributed by atoms with Gasteiger partial charge >= 0.3 is 0 Å². The number of ether oxygens (including phenoxy) is 1. The molecule has 9 nitrogen and oxygen atoms in total. The summed E-state index contributed by atoms with van der Waals surface area (Å²) >= 11 is 0. The van der Waals surface area contributed by atoms with E-state index in [2.05, 4.69) is 53.6 Å². The number of hydrogen-bond donors (Lipinski definition) is 2. The van der Waals surface area contributed by atoms with E-state index in [-0.39, 0.29) is 11.8 Å². The van der Waals surface area contributed by atoms with Gasteiger partial charge < -0.3 is 15.4 Å². The summed E-state index contributed by atoms with van der Waals surface area (Å²) in [4.78, 5) is 23.3. The first kappa shape index (κ1) is 21.2. The van der Waals surface area contributed by atoms with Crippen LogP contribution in [0.3, 0.4) is 0 Å². The molecule has 9 heteroatoms. The van der Waals surface area contributed by atoms with Crippen LogP contribution in [-0.4, -0.2) is 64.3 Å². The number of methoxy groups -OCH3 is 1. The molecule has 0 aromatic carbocycles. The second-order valence-corrected chi connectivity index (χ2v) is 8.38. The van der Waals surface area contributed by atoms with Gasteiger partial charge in [0.2, 0.25) is 5.91 Å². The molecule has 1 aliphatic heterocycles. The van der Waals surface area contributed by atoms with Gasteiger partial charge in [-0.1, -0.05) is 12.0 Å². The molecule has 0 radical (unpaired) electrons. The average Bonchev–Trinajstić information content (AvgIpc) is 3.66. The number of nitrogens with one attached hydrogen (secondary N) is 2. The highest BCUT2D eigenvalue weighted by atomic mass is 16.5. The van der Waals surface area contributed by atoms with Crippen LogP contribution in [0, 0.1) is 17.8 Å². The first-order chi connectivity index (χ1) is 16.1. The van der Waals surface area contributed by atoms with Gasteiger partial charge in [0, 0.05) is 57.5 Å². The Morgan fingerprint density at radius 2 is 2.03 bits per heavy atom. The first-order valence-corrected chi connectivity index (χ1v) is 11.0. The molecule has 0 spiro atoms. The number of carbonyl (C=O) groups is 1. The van der Waals surface area contributed by atoms with Crippen molar-refractivity contribution in [1.82, 2.24) is 25.1 Å². The van der Waals surface area contributed by atoms with Crippen LogP contribution in [0.2, 0.25) is 0 Å². The topological polar surface area (TPSA) is 105 Å². The quantitative estimate of drug-likeness (QED) is 0.558. The summed E-state index contributed by atoms with van der Waals surface area (Å²) in [6, 6.07) is 5.77. The minimum absolute atomic E-state index is 0.0144. The van der Waals surface area contributed by atoms with Crippen molar-refractivity contribution >= 4 is 28.4 Å². The van der Waals surface area contributed by atoms with Gasteiger partial charge in [0.15, 0.2) is 11.6 Å². The van der Waals surface area contributed by atoms with Crippen molar-refractivity contribution in [3.8, 4) is 11.8 Å². The van der Waals surface area contributed by atoms with Crippen molar-refractivity contribution in [3.05, 3.63) is 47.4 Å². The van der Waals surface area contributed by atoms with E-state index in [1.165, 1.54) is 0 Å². The molecule has 0 atom stereocenters. The van der Waals surface area contributed by atoms with Gasteiger partial charge in [-0.3, -0.25) is 9.69 Å². The molecule has 5 rings (SSSR count). The Kier molecular flexibility index (Phi) is 5.86. The zero-order valence-corrected chi connectivity index (χ0v) is 18.6. The maximum Gasteiger partial charge on any atom is 0.228 e. The number of fused-ring (bicyclic) bond motifs is 1. The molecule has 2 N–H and O–H groups in total. The van der Waals surface area contributed by atoms with Crippen LogP contribution in [-0.2, 0) is 16.1 Å². The van der Waals surface area contributed by atoms with Crippen LogP contribution in [0.15, 0.2) is 30.6 Å². The van der Waals surface area contributed by atoms with E-state index in [1.54, 1.807) is 26.4 Å². The maximum absolute atomic E-state index is 12.1. The lowest BCUT2D eigenvalue weighted by Gasteiger charge is -2.38. The molecule has 1 amide bonds. The fourth-order valence-corrected chi connectivity index (χ4v) is 3.73. The average molecular weight is 444 g/mol. The monoisotopic (exact) mass is 443 g/mol. The lowest BCUT2D eigenvalue weighted by atomic mass is 10.1. The molecule has 168 valence electrons. The van der Waals surface area contributed by atoms with Gasteiger partial charge in [0.05, 0.1) is 11.7 Å². The van der Waals surface area contributed by atoms with E-state index >= 15 is 0 Å². The zero-order chi connectivity index (χ0) is 22.8. The Labute approximate surface area is 192 Å². The van der Waals surface area contributed by atoms with Crippen molar-refractivity contribution in [3.63, 3.8) is 0 Å². The molecule has 4 heterocycles. The van der Waals surface area contributed by atoms with E-state index in [9.17, 15) is 4.79 Å². The van der Waals surface area contributed by atoms with Gasteiger partial charge in [-0.25, -0.2) is 9.97 Å². The number of likely N-dealkylation sites (tertiary alicyclic amines) is 1. The summed E-state index contributed by atoms with van der Waals surface area (Å²) in [6.07, 6.45) is 5.75. The standard InChI is InChI=1S/C24H25N7O2/c1-25-23-22-20(9-21(29-30-22)28-24(32)16-4-5-16)17(11-27-23)6-8-18-7-3-15(10-26-18)12-31-13-19(14-31)33-2/h3,7,9-11,16,19H,4-5,12-14H2,1-2H3,(H,25,27)(H,28,29,32). The summed E-state index contributed by atoms with van der Waals surface area (Å²) < 4.78 is 5.32. The molecule has 3 aromatic rings. The van der Waals surface area contributed by atoms with Crippen LogP contribution < -0.4 is 10.6 Å². The van der Waals surface area contributed by atoms with Crippen molar-refractivity contribution in [1.29, 1.82) is 0 Å². The van der Waals surface area contributed by atoms with Gasteiger partial charge in [-0.2, -0.15) is 0 Å². The lowest BCUT2D eigenvalue weighted by Crippen LogP contribution is -2.50. The van der Waals surface area contributed by atoms with Crippen LogP contribution in [0.1, 0.15) is 29.7 Å². The number of nitrogens with zero attached hydrogens (tertiary/aromatic N) is 5. The zero-order valence-electron chi connectivity index (χ0n) is 18.6. The number of pyridine rings is 2. The highest BCUT2D eigenvalue weighted by Gasteiger charge is 2.30. The summed E-state index contributed by atoms with van der Waals surface area (Å²) in [5.74, 6) is 7.36. The van der Waals surface area contributed by atoms with E-state index in [1.807, 2.05) is 12.3 Å². The number of carbonyl (C=O) groups excluding carboxylic acids is 1. The van der Waals surface area contributed by atoms with Crippen molar-refractivity contribution in [2.75, 3.05) is 37.9 Å². The third-order valence-electron chi connectivity index (χ3n) is 5.88. The predicted octanol–water partition coefficient (Wildman–Crippen LogP) is 2.04. The third kappa shape index (κ3) is 4.77. The SMILES string of the molecule is CNc1ncc(C#Cc2ccc(CN3CC(OC)C3)cn2)c2cc(NC(=O)C3CC3)nnc12. The minimum Gasteiger partial charge on any atom is -0.379 e. The second kappa shape index (κ2) is 9.10. The van der Waals surface area contributed by atoms with Crippen molar-refractivity contribution in [2.45, 2.75) is 25.5 Å². The van der Waals surface area contributed by atoms with Crippen LogP contribution in [0.4, 0.5) is 11.6 Å². The Balaban J connectivity index is 1.36. The Bertz CT molecular complexity index is 1240. The van der Waals surface area contributed by atoms with Crippen LogP contribution in [0.25, 0.3) is 10.9 Å². The molecule has 3 aromatic heterocycles. The Morgan fingerprint density at radius 3 is 2.73 bits per heavy atom. The van der Waals surface area contributed by atoms with Gasteiger partial charge in [-0.05, 0) is 36.5 Å². The lowest BCUT2D eigenvalue weighted by molar-refractivity contribution is -0.117. The van der Waals surface area contributed by atoms with Crippen LogP contribution >= 0.6 is 0 Å². The molecule has 1 saturated heterocycles. The van der Waals surface area contributed by atoms with Crippen molar-refractivity contribution < 1.29 is 9.53 Å². The van der Waals surface area contributed by atoms with E-state index in [4.69, 9.17) is 4.74 Å². The van der Waals surface area contributed by atoms with Gasteiger partial charge in [0.1, 0.15) is 11.2 Å². The Hall–Kier alpha value is -3.61. The van der Waals surface area contributed by atoms with Crippen molar-refractivity contribution in [2.24, 2.45) is 5.92 Å². The minimum atomic E-state index is -0.0144. The molecular formula is C24H25N7O2. The number of aromatic nitrogens is 4.